The Labute approximate surface area is 169 Å². The molecule has 138 valence electrons. The van der Waals surface area contributed by atoms with Crippen LogP contribution in [0.5, 0.6) is 11.5 Å². The summed E-state index contributed by atoms with van der Waals surface area (Å²) in [7, 11) is 0. The molecular weight excluding hydrogens is 404 g/mol. The van der Waals surface area contributed by atoms with E-state index in [1.165, 1.54) is 23.1 Å². The largest absolute Gasteiger partial charge is 0.486 e. The molecule has 27 heavy (non-hydrogen) atoms. The van der Waals surface area contributed by atoms with E-state index in [1.807, 2.05) is 47.8 Å². The highest BCUT2D eigenvalue weighted by Crippen LogP contribution is 2.35. The number of halogens is 1. The zero-order valence-corrected chi connectivity index (χ0v) is 16.5. The van der Waals surface area contributed by atoms with Gasteiger partial charge in [0.1, 0.15) is 13.2 Å². The molecule has 2 heterocycles. The van der Waals surface area contributed by atoms with Crippen molar-refractivity contribution in [1.29, 1.82) is 0 Å². The Morgan fingerprint density at radius 1 is 1.15 bits per heavy atom. The van der Waals surface area contributed by atoms with Crippen LogP contribution in [0.2, 0.25) is 5.02 Å². The Kier molecular flexibility index (Phi) is 5.52. The van der Waals surface area contributed by atoms with Gasteiger partial charge in [-0.1, -0.05) is 11.6 Å². The summed E-state index contributed by atoms with van der Waals surface area (Å²) in [6.45, 7) is 1.10. The number of hydrogen-bond acceptors (Lipinski definition) is 6. The minimum atomic E-state index is -0.0991. The number of fused-ring (bicyclic) bond motifs is 1. The van der Waals surface area contributed by atoms with Crippen LogP contribution in [0, 0.1) is 0 Å². The summed E-state index contributed by atoms with van der Waals surface area (Å²) < 4.78 is 11.1. The molecule has 0 unspecified atom stereocenters. The van der Waals surface area contributed by atoms with Crippen molar-refractivity contribution in [1.82, 2.24) is 4.98 Å². The smallest absolute Gasteiger partial charge is 0.236 e. The maximum absolute atomic E-state index is 12.2. The van der Waals surface area contributed by atoms with Crippen molar-refractivity contribution in [2.24, 2.45) is 0 Å². The Morgan fingerprint density at radius 2 is 1.93 bits per heavy atom. The number of amides is 1. The zero-order chi connectivity index (χ0) is 18.6. The molecular formula is C19H15ClN2O3S2. The first-order valence-electron chi connectivity index (χ1n) is 8.21. The molecule has 0 bridgehead atoms. The van der Waals surface area contributed by atoms with Gasteiger partial charge >= 0.3 is 0 Å². The first-order chi connectivity index (χ1) is 13.2. The summed E-state index contributed by atoms with van der Waals surface area (Å²) in [5.41, 5.74) is 1.71. The number of anilines is 1. The van der Waals surface area contributed by atoms with E-state index in [9.17, 15) is 4.79 Å². The summed E-state index contributed by atoms with van der Waals surface area (Å²) in [6, 6.07) is 13.1. The molecule has 1 aliphatic heterocycles. The summed E-state index contributed by atoms with van der Waals surface area (Å²) >= 11 is 8.71. The van der Waals surface area contributed by atoms with Gasteiger partial charge in [0.2, 0.25) is 5.91 Å². The number of carbonyl (C=O) groups is 1. The molecule has 2 aromatic carbocycles. The normalized spacial score (nSPS) is 12.6. The number of nitrogens with one attached hydrogen (secondary N) is 1. The Hall–Kier alpha value is -2.22. The lowest BCUT2D eigenvalue weighted by Gasteiger charge is -2.18. The van der Waals surface area contributed by atoms with Crippen molar-refractivity contribution >= 4 is 45.7 Å². The molecule has 1 aromatic heterocycles. The van der Waals surface area contributed by atoms with E-state index in [0.717, 1.165) is 27.7 Å². The van der Waals surface area contributed by atoms with Crippen LogP contribution in [0.1, 0.15) is 0 Å². The fraction of sp³-hybridized carbons (Fsp3) is 0.158. The van der Waals surface area contributed by atoms with Crippen LogP contribution in [0.3, 0.4) is 0 Å². The molecule has 1 N–H and O–H groups in total. The Balaban J connectivity index is 1.37. The van der Waals surface area contributed by atoms with Gasteiger partial charge in [0, 0.05) is 20.9 Å². The highest BCUT2D eigenvalue weighted by molar-refractivity contribution is 8.00. The fourth-order valence-corrected chi connectivity index (χ4v) is 4.06. The monoisotopic (exact) mass is 418 g/mol. The first kappa shape index (κ1) is 18.2. The van der Waals surface area contributed by atoms with Crippen LogP contribution >= 0.6 is 34.7 Å². The second-order valence-electron chi connectivity index (χ2n) is 5.69. The Morgan fingerprint density at radius 3 is 2.74 bits per heavy atom. The Bertz CT molecular complexity index is 960. The van der Waals surface area contributed by atoms with Crippen molar-refractivity contribution in [3.63, 3.8) is 0 Å². The number of thioether (sulfide) groups is 1. The third kappa shape index (κ3) is 4.55. The van der Waals surface area contributed by atoms with E-state index in [4.69, 9.17) is 21.1 Å². The summed E-state index contributed by atoms with van der Waals surface area (Å²) in [6.07, 6.45) is 0. The fourth-order valence-electron chi connectivity index (χ4n) is 2.50. The number of nitrogens with zero attached hydrogens (tertiary/aromatic N) is 1. The van der Waals surface area contributed by atoms with Gasteiger partial charge in [-0.2, -0.15) is 0 Å². The van der Waals surface area contributed by atoms with E-state index >= 15 is 0 Å². The molecule has 8 heteroatoms. The molecule has 0 atom stereocenters. The van der Waals surface area contributed by atoms with Crippen molar-refractivity contribution in [3.05, 3.63) is 52.9 Å². The van der Waals surface area contributed by atoms with Crippen molar-refractivity contribution in [2.45, 2.75) is 4.90 Å². The lowest BCUT2D eigenvalue weighted by molar-refractivity contribution is -0.113. The van der Waals surface area contributed by atoms with E-state index < -0.39 is 0 Å². The second-order valence-corrected chi connectivity index (χ2v) is 8.03. The van der Waals surface area contributed by atoms with Gasteiger partial charge in [0.15, 0.2) is 16.6 Å². The van der Waals surface area contributed by atoms with Crippen LogP contribution in [0.15, 0.2) is 52.7 Å². The molecule has 0 aliphatic carbocycles. The number of hydrogen-bond donors (Lipinski definition) is 1. The van der Waals surface area contributed by atoms with Crippen LogP contribution in [0.4, 0.5) is 5.13 Å². The van der Waals surface area contributed by atoms with E-state index in [1.54, 1.807) is 0 Å². The van der Waals surface area contributed by atoms with Gasteiger partial charge < -0.3 is 14.8 Å². The number of carbonyl (C=O) groups excluding carboxylic acids is 1. The van der Waals surface area contributed by atoms with Gasteiger partial charge in [-0.3, -0.25) is 4.79 Å². The quantitative estimate of drug-likeness (QED) is 0.593. The maximum atomic E-state index is 12.2. The number of benzene rings is 2. The highest BCUT2D eigenvalue weighted by Gasteiger charge is 2.14. The van der Waals surface area contributed by atoms with Crippen LogP contribution in [-0.4, -0.2) is 29.9 Å². The molecule has 5 nitrogen and oxygen atoms in total. The van der Waals surface area contributed by atoms with Crippen molar-refractivity contribution < 1.29 is 14.3 Å². The topological polar surface area (TPSA) is 60.5 Å². The van der Waals surface area contributed by atoms with Gasteiger partial charge in [0.25, 0.3) is 0 Å². The SMILES string of the molecule is O=C(CSc1ccc(Cl)cc1)Nc1nc(-c2ccc3c(c2)OCCO3)cs1. The van der Waals surface area contributed by atoms with Crippen molar-refractivity contribution in [2.75, 3.05) is 24.3 Å². The summed E-state index contributed by atoms with van der Waals surface area (Å²) in [4.78, 5) is 17.7. The third-order valence-corrected chi connectivity index (χ3v) is 5.79. The van der Waals surface area contributed by atoms with Gasteiger partial charge in [-0.25, -0.2) is 4.98 Å². The number of ether oxygens (including phenoxy) is 2. The summed E-state index contributed by atoms with van der Waals surface area (Å²) in [5.74, 6) is 1.67. The third-order valence-electron chi connectivity index (χ3n) is 3.77. The predicted molar refractivity (Wildman–Crippen MR) is 109 cm³/mol. The predicted octanol–water partition coefficient (Wildman–Crippen LogP) is 4.97. The van der Waals surface area contributed by atoms with Gasteiger partial charge in [0.05, 0.1) is 11.4 Å². The van der Waals surface area contributed by atoms with E-state index in [2.05, 4.69) is 10.3 Å². The maximum Gasteiger partial charge on any atom is 0.236 e. The molecule has 3 aromatic rings. The minimum Gasteiger partial charge on any atom is -0.486 e. The highest BCUT2D eigenvalue weighted by atomic mass is 35.5. The molecule has 1 amide bonds. The van der Waals surface area contributed by atoms with E-state index in [0.29, 0.717) is 29.1 Å². The average Bonchev–Trinajstić information content (AvgIpc) is 3.15. The lowest BCUT2D eigenvalue weighted by atomic mass is 10.1. The lowest BCUT2D eigenvalue weighted by Crippen LogP contribution is -2.15. The number of aromatic nitrogens is 1. The van der Waals surface area contributed by atoms with Gasteiger partial charge in [-0.05, 0) is 42.5 Å². The van der Waals surface area contributed by atoms with Crippen LogP contribution in [-0.2, 0) is 4.79 Å². The van der Waals surface area contributed by atoms with Gasteiger partial charge in [-0.15, -0.1) is 23.1 Å². The van der Waals surface area contributed by atoms with E-state index in [-0.39, 0.29) is 5.91 Å². The molecule has 0 spiro atoms. The molecule has 1 aliphatic rings. The standard InChI is InChI=1S/C19H15ClN2O3S2/c20-13-2-4-14(5-3-13)26-11-18(23)22-19-21-15(10-27-19)12-1-6-16-17(9-12)25-8-7-24-16/h1-6,9-10H,7-8,11H2,(H,21,22,23). The number of thiazole rings is 1. The van der Waals surface area contributed by atoms with Crippen molar-refractivity contribution in [3.8, 4) is 22.8 Å². The summed E-state index contributed by atoms with van der Waals surface area (Å²) in [5, 5.41) is 6.00. The molecule has 4 rings (SSSR count). The average molecular weight is 419 g/mol. The molecule has 0 saturated carbocycles. The first-order valence-corrected chi connectivity index (χ1v) is 10.5. The molecule has 0 fully saturated rings. The minimum absolute atomic E-state index is 0.0991. The zero-order valence-electron chi connectivity index (χ0n) is 14.1. The molecule has 0 radical (unpaired) electrons. The van der Waals surface area contributed by atoms with Crippen LogP contribution in [0.25, 0.3) is 11.3 Å². The second kappa shape index (κ2) is 8.21. The van der Waals surface area contributed by atoms with Crippen LogP contribution < -0.4 is 14.8 Å². The number of rotatable bonds is 5. The molecule has 0 saturated heterocycles.